The van der Waals surface area contributed by atoms with E-state index in [1.165, 1.54) is 16.7 Å². The first kappa shape index (κ1) is 39.1. The van der Waals surface area contributed by atoms with E-state index in [2.05, 4.69) is 266 Å². The number of fused-ring (bicyclic) bond motifs is 6. The van der Waals surface area contributed by atoms with E-state index in [1.54, 1.807) is 0 Å². The summed E-state index contributed by atoms with van der Waals surface area (Å²) >= 11 is 0. The highest BCUT2D eigenvalue weighted by molar-refractivity contribution is 6.74. The molecule has 0 spiro atoms. The molecule has 1 N–H and O–H groups in total. The molecule has 11 aromatic rings. The maximum Gasteiger partial charge on any atom is 0.198 e. The Morgan fingerprint density at radius 2 is 1.06 bits per heavy atom. The molecule has 12 rings (SSSR count). The number of hydrogen-bond acceptors (Lipinski definition) is 4. The molecule has 1 aromatic heterocycles. The highest BCUT2D eigenvalue weighted by atomic mass is 16.3. The van der Waals surface area contributed by atoms with Crippen LogP contribution in [0.2, 0.25) is 0 Å². The normalized spacial score (nSPS) is 11.8. The second kappa shape index (κ2) is 16.5. The van der Waals surface area contributed by atoms with E-state index >= 15 is 0 Å². The molecule has 311 valence electrons. The smallest absolute Gasteiger partial charge is 0.198 e. The van der Waals surface area contributed by atoms with Gasteiger partial charge in [0.05, 0.1) is 5.69 Å². The van der Waals surface area contributed by atoms with Gasteiger partial charge in [-0.1, -0.05) is 157 Å². The van der Waals surface area contributed by atoms with E-state index in [1.807, 2.05) is 0 Å². The maximum absolute atomic E-state index is 7.01. The van der Waals surface area contributed by atoms with Crippen molar-refractivity contribution >= 4 is 85.6 Å². The Bertz CT molecular complexity index is 3510. The molecular weight excluding hydrogens is 802 g/mol. The molecule has 2 heterocycles. The van der Waals surface area contributed by atoms with Crippen LogP contribution >= 0.6 is 0 Å². The summed E-state index contributed by atoms with van der Waals surface area (Å²) in [5.74, 6) is 0. The van der Waals surface area contributed by atoms with Crippen LogP contribution in [0.5, 0.6) is 0 Å². The minimum atomic E-state index is 0.851. The second-order valence-electron chi connectivity index (χ2n) is 16.9. The molecule has 5 heteroatoms. The Morgan fingerprint density at radius 1 is 0.455 bits per heavy atom. The van der Waals surface area contributed by atoms with Crippen LogP contribution in [-0.2, 0) is 0 Å². The van der Waals surface area contributed by atoms with Gasteiger partial charge in [0.15, 0.2) is 12.9 Å². The van der Waals surface area contributed by atoms with Crippen molar-refractivity contribution in [1.29, 1.82) is 0 Å². The highest BCUT2D eigenvalue weighted by Gasteiger charge is 2.33. The molecule has 0 fully saturated rings. The molecular formula is C61H43BN3O. The third-order valence-corrected chi connectivity index (χ3v) is 12.8. The average molecular weight is 845 g/mol. The maximum atomic E-state index is 7.01. The van der Waals surface area contributed by atoms with Gasteiger partial charge in [0.1, 0.15) is 5.58 Å². The summed E-state index contributed by atoms with van der Waals surface area (Å²) in [6.45, 7) is 2.23. The Labute approximate surface area is 385 Å². The summed E-state index contributed by atoms with van der Waals surface area (Å²) in [7, 11) is 2.38. The fourth-order valence-electron chi connectivity index (χ4n) is 9.68. The zero-order valence-corrected chi connectivity index (χ0v) is 36.4. The third-order valence-electron chi connectivity index (χ3n) is 12.8. The van der Waals surface area contributed by atoms with Gasteiger partial charge < -0.3 is 19.5 Å². The Kier molecular flexibility index (Phi) is 9.80. The van der Waals surface area contributed by atoms with Crippen LogP contribution in [0, 0.1) is 6.92 Å². The Hall–Kier alpha value is -8.54. The first-order valence-electron chi connectivity index (χ1n) is 22.5. The van der Waals surface area contributed by atoms with Crippen molar-refractivity contribution in [3.8, 4) is 33.4 Å². The van der Waals surface area contributed by atoms with E-state index in [9.17, 15) is 0 Å². The van der Waals surface area contributed by atoms with Crippen molar-refractivity contribution < 1.29 is 4.42 Å². The monoisotopic (exact) mass is 844 g/mol. The number of nitrogens with zero attached hydrogens (tertiary/aromatic N) is 2. The molecule has 0 saturated heterocycles. The van der Waals surface area contributed by atoms with Crippen LogP contribution in [0.1, 0.15) is 5.56 Å². The lowest BCUT2D eigenvalue weighted by molar-refractivity contribution is 0.669. The summed E-state index contributed by atoms with van der Waals surface area (Å²) in [5.41, 5.74) is 20.4. The number of hydrogen-bond donors (Lipinski definition) is 1. The predicted molar refractivity (Wildman–Crippen MR) is 279 cm³/mol. The van der Waals surface area contributed by atoms with Gasteiger partial charge in [-0.05, 0) is 131 Å². The summed E-state index contributed by atoms with van der Waals surface area (Å²) < 4.78 is 7.01. The van der Waals surface area contributed by atoms with Gasteiger partial charge in [-0.15, -0.1) is 0 Å². The van der Waals surface area contributed by atoms with Crippen LogP contribution in [0.15, 0.2) is 241 Å². The minimum absolute atomic E-state index is 0.851. The van der Waals surface area contributed by atoms with Gasteiger partial charge in [-0.2, -0.15) is 0 Å². The number of benzene rings is 10. The van der Waals surface area contributed by atoms with E-state index in [-0.39, 0.29) is 0 Å². The van der Waals surface area contributed by atoms with Crippen LogP contribution < -0.4 is 26.0 Å². The molecule has 1 aliphatic rings. The van der Waals surface area contributed by atoms with Crippen molar-refractivity contribution in [2.24, 2.45) is 0 Å². The average Bonchev–Trinajstić information content (AvgIpc) is 3.75. The molecule has 10 aromatic carbocycles. The fourth-order valence-corrected chi connectivity index (χ4v) is 9.68. The van der Waals surface area contributed by atoms with Crippen molar-refractivity contribution in [1.82, 2.24) is 0 Å². The summed E-state index contributed by atoms with van der Waals surface area (Å²) in [6.07, 6.45) is 0. The number of furan rings is 1. The standard InChI is InChI=1S/C61H43BN3O/c1-41-37-45(43-21-8-3-9-22-43)33-35-56(41)65-57-36-34-49(64(47-25-10-4-11-26-47)48-27-12-5-13-28-48)39-54(57)62-59-52(40-53-51-30-15-17-32-58(51)66-61(53)60(59)65)50-29-14-16-31-55(50)63-46-24-18-23-44(38-46)42-19-6-2-7-20-42/h2-40,63H,1H3. The van der Waals surface area contributed by atoms with Gasteiger partial charge >= 0.3 is 0 Å². The number of rotatable bonds is 9. The molecule has 1 radical (unpaired) electrons. The highest BCUT2D eigenvalue weighted by Crippen LogP contribution is 2.47. The molecule has 0 atom stereocenters. The molecule has 66 heavy (non-hydrogen) atoms. The van der Waals surface area contributed by atoms with Crippen molar-refractivity contribution in [3.63, 3.8) is 0 Å². The Balaban J connectivity index is 1.10. The van der Waals surface area contributed by atoms with Crippen LogP contribution in [-0.4, -0.2) is 7.28 Å². The number of para-hydroxylation sites is 4. The minimum Gasteiger partial charge on any atom is -0.454 e. The molecule has 0 saturated carbocycles. The molecule has 0 amide bonds. The molecule has 0 unspecified atom stereocenters. The number of aryl methyl sites for hydroxylation is 1. The van der Waals surface area contributed by atoms with Gasteiger partial charge in [0.25, 0.3) is 0 Å². The largest absolute Gasteiger partial charge is 0.454 e. The first-order valence-corrected chi connectivity index (χ1v) is 22.5. The van der Waals surface area contributed by atoms with E-state index in [0.717, 1.165) is 101 Å². The predicted octanol–water partition coefficient (Wildman–Crippen LogP) is 15.5. The second-order valence-corrected chi connectivity index (χ2v) is 16.9. The van der Waals surface area contributed by atoms with Crippen LogP contribution in [0.4, 0.5) is 45.5 Å². The topological polar surface area (TPSA) is 31.6 Å². The van der Waals surface area contributed by atoms with Crippen molar-refractivity contribution in [2.45, 2.75) is 6.92 Å². The summed E-state index contributed by atoms with van der Waals surface area (Å²) in [6, 6.07) is 84.2. The van der Waals surface area contributed by atoms with E-state index in [0.29, 0.717) is 0 Å². The Morgan fingerprint density at radius 3 is 1.77 bits per heavy atom. The van der Waals surface area contributed by atoms with Gasteiger partial charge in [0.2, 0.25) is 0 Å². The quantitative estimate of drug-likeness (QED) is 0.147. The molecule has 0 bridgehead atoms. The number of nitrogens with one attached hydrogen (secondary N) is 1. The van der Waals surface area contributed by atoms with Gasteiger partial charge in [-0.3, -0.25) is 0 Å². The lowest BCUT2D eigenvalue weighted by Crippen LogP contribution is -2.41. The van der Waals surface area contributed by atoms with Crippen LogP contribution in [0.3, 0.4) is 0 Å². The van der Waals surface area contributed by atoms with Gasteiger partial charge in [-0.25, -0.2) is 0 Å². The first-order chi connectivity index (χ1) is 32.6. The zero-order chi connectivity index (χ0) is 44.0. The number of anilines is 8. The summed E-state index contributed by atoms with van der Waals surface area (Å²) in [4.78, 5) is 4.78. The van der Waals surface area contributed by atoms with E-state index < -0.39 is 0 Å². The van der Waals surface area contributed by atoms with Crippen molar-refractivity contribution in [3.05, 3.63) is 242 Å². The summed E-state index contributed by atoms with van der Waals surface area (Å²) in [5, 5.41) is 6.01. The van der Waals surface area contributed by atoms with Gasteiger partial charge in [0, 0.05) is 56.1 Å². The lowest BCUT2D eigenvalue weighted by Gasteiger charge is -2.36. The van der Waals surface area contributed by atoms with Crippen molar-refractivity contribution in [2.75, 3.05) is 15.1 Å². The SMILES string of the molecule is Cc1cc(-c2ccccc2)ccc1N1c2ccc(N(c3ccccc3)c3ccccc3)cc2[B]c2c(-c3ccccc3Nc3cccc(-c4ccccc4)c3)cc3c(oc4ccccc43)c21. The molecule has 1 aliphatic heterocycles. The molecule has 4 nitrogen and oxygen atoms in total. The fraction of sp³-hybridized carbons (Fsp3) is 0.0164. The van der Waals surface area contributed by atoms with E-state index in [4.69, 9.17) is 4.42 Å². The van der Waals surface area contributed by atoms with Crippen LogP contribution in [0.25, 0.3) is 55.3 Å². The molecule has 0 aliphatic carbocycles. The zero-order valence-electron chi connectivity index (χ0n) is 36.4. The lowest BCUT2D eigenvalue weighted by atomic mass is 9.58. The third kappa shape index (κ3) is 6.99.